The molecule has 0 spiro atoms. The maximum atomic E-state index is 12.5. The van der Waals surface area contributed by atoms with E-state index >= 15 is 0 Å². The second-order valence-corrected chi connectivity index (χ2v) is 6.75. The molecule has 136 valence electrons. The minimum atomic E-state index is -0.196. The molecule has 2 aromatic carbocycles. The monoisotopic (exact) mass is 371 g/mol. The van der Waals surface area contributed by atoms with Gasteiger partial charge in [0.15, 0.2) is 0 Å². The largest absolute Gasteiger partial charge is 0.368 e. The predicted octanol–water partition coefficient (Wildman–Crippen LogP) is 3.04. The molecule has 0 atom stereocenters. The minimum Gasteiger partial charge on any atom is -0.368 e. The Morgan fingerprint density at radius 1 is 1.00 bits per heavy atom. The van der Waals surface area contributed by atoms with Gasteiger partial charge < -0.3 is 14.7 Å². The maximum Gasteiger partial charge on any atom is 0.236 e. The van der Waals surface area contributed by atoms with E-state index in [4.69, 9.17) is 11.6 Å². The lowest BCUT2D eigenvalue weighted by atomic mass is 10.2. The van der Waals surface area contributed by atoms with Gasteiger partial charge >= 0.3 is 0 Å². The Hall–Kier alpha value is -2.53. The summed E-state index contributed by atoms with van der Waals surface area (Å²) >= 11 is 6.05. The van der Waals surface area contributed by atoms with Crippen LogP contribution in [0.2, 0.25) is 5.02 Å². The molecule has 0 saturated carbocycles. The quantitative estimate of drug-likeness (QED) is 0.776. The van der Waals surface area contributed by atoms with Crippen LogP contribution in [0, 0.1) is 0 Å². The highest BCUT2D eigenvalue weighted by Gasteiger charge is 2.24. The number of hydrogen-bond acceptors (Lipinski definition) is 3. The van der Waals surface area contributed by atoms with Crippen molar-refractivity contribution < 1.29 is 9.59 Å². The number of para-hydroxylation sites is 1. The van der Waals surface area contributed by atoms with Crippen LogP contribution in [0.1, 0.15) is 6.42 Å². The van der Waals surface area contributed by atoms with Crippen LogP contribution in [0.25, 0.3) is 0 Å². The number of anilines is 2. The van der Waals surface area contributed by atoms with Crippen molar-refractivity contribution in [3.63, 3.8) is 0 Å². The van der Waals surface area contributed by atoms with Crippen LogP contribution < -0.4 is 9.80 Å². The van der Waals surface area contributed by atoms with E-state index in [1.807, 2.05) is 54.6 Å². The van der Waals surface area contributed by atoms with Gasteiger partial charge in [0, 0.05) is 49.6 Å². The van der Waals surface area contributed by atoms with E-state index in [0.717, 1.165) is 24.5 Å². The van der Waals surface area contributed by atoms with Gasteiger partial charge in [-0.25, -0.2) is 0 Å². The molecule has 0 aromatic heterocycles. The van der Waals surface area contributed by atoms with Gasteiger partial charge in [0.25, 0.3) is 0 Å². The molecule has 1 aliphatic heterocycles. The standard InChI is InChI=1S/C20H22ClN3O2/c1-22(17-7-3-2-4-8-17)19(25)15-20(26)24-12-10-23(11-13-24)18-9-5-6-16(21)14-18/h2-9,14H,10-13,15H2,1H3. The highest BCUT2D eigenvalue weighted by atomic mass is 35.5. The van der Waals surface area contributed by atoms with Gasteiger partial charge in [-0.15, -0.1) is 0 Å². The van der Waals surface area contributed by atoms with E-state index in [2.05, 4.69) is 4.90 Å². The fourth-order valence-electron chi connectivity index (χ4n) is 3.04. The van der Waals surface area contributed by atoms with Crippen LogP contribution in [0.5, 0.6) is 0 Å². The zero-order chi connectivity index (χ0) is 18.5. The van der Waals surface area contributed by atoms with Gasteiger partial charge in [0.1, 0.15) is 6.42 Å². The van der Waals surface area contributed by atoms with E-state index in [9.17, 15) is 9.59 Å². The van der Waals surface area contributed by atoms with Crippen molar-refractivity contribution in [2.75, 3.05) is 43.0 Å². The maximum absolute atomic E-state index is 12.5. The topological polar surface area (TPSA) is 43.9 Å². The molecule has 1 saturated heterocycles. The Kier molecular flexibility index (Phi) is 5.78. The van der Waals surface area contributed by atoms with Crippen LogP contribution in [-0.4, -0.2) is 49.9 Å². The molecule has 5 nitrogen and oxygen atoms in total. The average molecular weight is 372 g/mol. The lowest BCUT2D eigenvalue weighted by Gasteiger charge is -2.36. The average Bonchev–Trinajstić information content (AvgIpc) is 2.68. The third kappa shape index (κ3) is 4.35. The summed E-state index contributed by atoms with van der Waals surface area (Å²) in [6, 6.07) is 17.1. The first-order valence-electron chi connectivity index (χ1n) is 8.64. The third-order valence-corrected chi connectivity index (χ3v) is 4.86. The molecule has 0 unspecified atom stereocenters. The second kappa shape index (κ2) is 8.23. The van der Waals surface area contributed by atoms with Crippen molar-refractivity contribution in [2.24, 2.45) is 0 Å². The zero-order valence-corrected chi connectivity index (χ0v) is 15.5. The van der Waals surface area contributed by atoms with Crippen LogP contribution in [-0.2, 0) is 9.59 Å². The lowest BCUT2D eigenvalue weighted by Crippen LogP contribution is -2.49. The van der Waals surface area contributed by atoms with E-state index in [1.54, 1.807) is 11.9 Å². The third-order valence-electron chi connectivity index (χ3n) is 4.63. The molecule has 2 aromatic rings. The van der Waals surface area contributed by atoms with E-state index in [0.29, 0.717) is 18.1 Å². The SMILES string of the molecule is CN(C(=O)CC(=O)N1CCN(c2cccc(Cl)c2)CC1)c1ccccc1. The Bertz CT molecular complexity index is 774. The molecule has 1 fully saturated rings. The van der Waals surface area contributed by atoms with Gasteiger partial charge in [0.2, 0.25) is 11.8 Å². The summed E-state index contributed by atoms with van der Waals surface area (Å²) in [5.41, 5.74) is 1.85. The van der Waals surface area contributed by atoms with Gasteiger partial charge in [-0.2, -0.15) is 0 Å². The summed E-state index contributed by atoms with van der Waals surface area (Å²) in [7, 11) is 1.70. The van der Waals surface area contributed by atoms with Crippen LogP contribution in [0.15, 0.2) is 54.6 Å². The number of carbonyl (C=O) groups is 2. The van der Waals surface area contributed by atoms with Gasteiger partial charge in [-0.05, 0) is 30.3 Å². The Labute approximate surface area is 158 Å². The van der Waals surface area contributed by atoms with Gasteiger partial charge in [-0.1, -0.05) is 35.9 Å². The minimum absolute atomic E-state index is 0.109. The first-order chi connectivity index (χ1) is 12.5. The molecule has 26 heavy (non-hydrogen) atoms. The van der Waals surface area contributed by atoms with Crippen LogP contribution in [0.3, 0.4) is 0 Å². The number of amides is 2. The second-order valence-electron chi connectivity index (χ2n) is 6.31. The molecule has 6 heteroatoms. The normalized spacial score (nSPS) is 14.2. The van der Waals surface area contributed by atoms with E-state index < -0.39 is 0 Å². The van der Waals surface area contributed by atoms with E-state index in [1.165, 1.54) is 4.90 Å². The van der Waals surface area contributed by atoms with Crippen molar-refractivity contribution >= 4 is 34.8 Å². The number of halogens is 1. The number of hydrogen-bond donors (Lipinski definition) is 0. The van der Waals surface area contributed by atoms with Crippen LogP contribution in [0.4, 0.5) is 11.4 Å². The number of piperazine rings is 1. The Morgan fingerprint density at radius 2 is 1.69 bits per heavy atom. The first kappa shape index (κ1) is 18.3. The summed E-state index contributed by atoms with van der Waals surface area (Å²) in [6.07, 6.45) is -0.109. The summed E-state index contributed by atoms with van der Waals surface area (Å²) < 4.78 is 0. The molecule has 1 heterocycles. The van der Waals surface area contributed by atoms with Gasteiger partial charge in [0.05, 0.1) is 0 Å². The Balaban J connectivity index is 1.53. The van der Waals surface area contributed by atoms with Crippen molar-refractivity contribution in [1.82, 2.24) is 4.90 Å². The Morgan fingerprint density at radius 3 is 2.35 bits per heavy atom. The molecule has 0 bridgehead atoms. The molecule has 3 rings (SSSR count). The van der Waals surface area contributed by atoms with Crippen molar-refractivity contribution in [1.29, 1.82) is 0 Å². The van der Waals surface area contributed by atoms with Crippen molar-refractivity contribution in [3.05, 3.63) is 59.6 Å². The fraction of sp³-hybridized carbons (Fsp3) is 0.300. The summed E-state index contributed by atoms with van der Waals surface area (Å²) in [4.78, 5) is 30.3. The molecule has 2 amide bonds. The lowest BCUT2D eigenvalue weighted by molar-refractivity contribution is -0.135. The first-order valence-corrected chi connectivity index (χ1v) is 9.02. The molecule has 0 aliphatic carbocycles. The fourth-order valence-corrected chi connectivity index (χ4v) is 3.23. The summed E-state index contributed by atoms with van der Waals surface area (Å²) in [6.45, 7) is 2.67. The number of nitrogens with zero attached hydrogens (tertiary/aromatic N) is 3. The van der Waals surface area contributed by atoms with Crippen molar-refractivity contribution in [2.45, 2.75) is 6.42 Å². The van der Waals surface area contributed by atoms with Crippen molar-refractivity contribution in [3.8, 4) is 0 Å². The molecule has 0 N–H and O–H groups in total. The van der Waals surface area contributed by atoms with Crippen LogP contribution >= 0.6 is 11.6 Å². The van der Waals surface area contributed by atoms with E-state index in [-0.39, 0.29) is 18.2 Å². The molecular formula is C20H22ClN3O2. The summed E-state index contributed by atoms with van der Waals surface area (Å²) in [5, 5.41) is 0.704. The highest BCUT2D eigenvalue weighted by Crippen LogP contribution is 2.21. The molecular weight excluding hydrogens is 350 g/mol. The van der Waals surface area contributed by atoms with Gasteiger partial charge in [-0.3, -0.25) is 9.59 Å². The number of rotatable bonds is 4. The predicted molar refractivity (Wildman–Crippen MR) is 105 cm³/mol. The zero-order valence-electron chi connectivity index (χ0n) is 14.8. The highest BCUT2D eigenvalue weighted by molar-refractivity contribution is 6.30. The smallest absolute Gasteiger partial charge is 0.236 e. The summed E-state index contributed by atoms with van der Waals surface area (Å²) in [5.74, 6) is -0.318. The number of benzene rings is 2. The molecule has 1 aliphatic rings. The number of carbonyl (C=O) groups excluding carboxylic acids is 2. The molecule has 0 radical (unpaired) electrons.